The number of likely N-dealkylation sites (tertiary alicyclic amines) is 1. The maximum Gasteiger partial charge on any atom is 0.281 e. The van der Waals surface area contributed by atoms with E-state index in [4.69, 9.17) is 0 Å². The molecule has 0 bridgehead atoms. The third-order valence-corrected chi connectivity index (χ3v) is 4.68. The normalized spacial score (nSPS) is 21.8. The number of aryl methyl sites for hydroxylation is 1. The number of nitrogens with zero attached hydrogens (tertiary/aromatic N) is 5. The fourth-order valence-corrected chi connectivity index (χ4v) is 3.35. The highest BCUT2D eigenvalue weighted by Crippen LogP contribution is 2.32. The summed E-state index contributed by atoms with van der Waals surface area (Å²) in [7, 11) is 0. The lowest BCUT2D eigenvalue weighted by Gasteiger charge is -2.32. The predicted octanol–water partition coefficient (Wildman–Crippen LogP) is 0.472. The van der Waals surface area contributed by atoms with Crippen molar-refractivity contribution >= 4 is 17.1 Å². The van der Waals surface area contributed by atoms with E-state index < -0.39 is 0 Å². The number of aromatic amines is 1. The number of aromatic nitrogens is 5. The van der Waals surface area contributed by atoms with Crippen LogP contribution in [-0.2, 0) is 11.3 Å². The Morgan fingerprint density at radius 1 is 1.35 bits per heavy atom. The van der Waals surface area contributed by atoms with E-state index >= 15 is 0 Å². The first-order chi connectivity index (χ1) is 11.1. The molecule has 23 heavy (non-hydrogen) atoms. The molecule has 8 heteroatoms. The first-order valence-corrected chi connectivity index (χ1v) is 8.20. The summed E-state index contributed by atoms with van der Waals surface area (Å²) in [6, 6.07) is 0. The van der Waals surface area contributed by atoms with Crippen LogP contribution in [0, 0.1) is 18.8 Å². The number of H-pyrrole nitrogens is 1. The average Bonchev–Trinajstić information content (AvgIpc) is 3.30. The molecular formula is C15H20N6O2. The number of piperidine rings is 1. The zero-order chi connectivity index (χ0) is 16.0. The SMILES string of the molecule is Cc1nc2c(nnn2C[C@H]2CCCN(C(=O)C3CC3)C2)c(=O)[nH]1. The Morgan fingerprint density at radius 3 is 2.96 bits per heavy atom. The third kappa shape index (κ3) is 2.73. The number of amides is 1. The topological polar surface area (TPSA) is 96.8 Å². The maximum atomic E-state index is 12.2. The molecule has 2 aromatic heterocycles. The molecule has 1 saturated heterocycles. The van der Waals surface area contributed by atoms with Crippen LogP contribution in [0.25, 0.3) is 11.2 Å². The molecule has 2 aliphatic rings. The Morgan fingerprint density at radius 2 is 2.17 bits per heavy atom. The molecule has 3 heterocycles. The van der Waals surface area contributed by atoms with E-state index in [1.54, 1.807) is 11.6 Å². The summed E-state index contributed by atoms with van der Waals surface area (Å²) in [6.45, 7) is 4.01. The molecule has 2 fully saturated rings. The van der Waals surface area contributed by atoms with Crippen LogP contribution >= 0.6 is 0 Å². The van der Waals surface area contributed by atoms with Gasteiger partial charge in [-0.2, -0.15) is 0 Å². The molecule has 8 nitrogen and oxygen atoms in total. The zero-order valence-corrected chi connectivity index (χ0v) is 13.2. The van der Waals surface area contributed by atoms with Gasteiger partial charge in [0, 0.05) is 25.6 Å². The second-order valence-electron chi connectivity index (χ2n) is 6.66. The van der Waals surface area contributed by atoms with Crippen LogP contribution in [0.3, 0.4) is 0 Å². The molecule has 1 amide bonds. The lowest BCUT2D eigenvalue weighted by atomic mass is 9.97. The highest BCUT2D eigenvalue weighted by molar-refractivity contribution is 5.81. The average molecular weight is 316 g/mol. The summed E-state index contributed by atoms with van der Waals surface area (Å²) in [5, 5.41) is 8.03. The van der Waals surface area contributed by atoms with Crippen LogP contribution in [0.1, 0.15) is 31.5 Å². The Labute approximate surface area is 132 Å². The molecule has 1 aliphatic carbocycles. The molecule has 1 saturated carbocycles. The van der Waals surface area contributed by atoms with E-state index in [0.717, 1.165) is 38.8 Å². The van der Waals surface area contributed by atoms with Crippen molar-refractivity contribution in [2.75, 3.05) is 13.1 Å². The van der Waals surface area contributed by atoms with Gasteiger partial charge in [0.05, 0.1) is 0 Å². The second-order valence-corrected chi connectivity index (χ2v) is 6.66. The predicted molar refractivity (Wildman–Crippen MR) is 82.7 cm³/mol. The van der Waals surface area contributed by atoms with Gasteiger partial charge in [0.2, 0.25) is 5.91 Å². The van der Waals surface area contributed by atoms with Crippen LogP contribution < -0.4 is 5.56 Å². The van der Waals surface area contributed by atoms with Gasteiger partial charge in [-0.3, -0.25) is 9.59 Å². The number of nitrogens with one attached hydrogen (secondary N) is 1. The summed E-state index contributed by atoms with van der Waals surface area (Å²) in [4.78, 5) is 33.1. The number of carbonyl (C=O) groups excluding carboxylic acids is 1. The van der Waals surface area contributed by atoms with Crippen molar-refractivity contribution in [2.45, 2.75) is 39.2 Å². The number of fused-ring (bicyclic) bond motifs is 1. The zero-order valence-electron chi connectivity index (χ0n) is 13.2. The largest absolute Gasteiger partial charge is 0.342 e. The highest BCUT2D eigenvalue weighted by Gasteiger charge is 2.35. The molecule has 4 rings (SSSR count). The molecule has 0 radical (unpaired) electrons. The number of hydrogen-bond donors (Lipinski definition) is 1. The number of hydrogen-bond acceptors (Lipinski definition) is 5. The van der Waals surface area contributed by atoms with Gasteiger partial charge in [-0.1, -0.05) is 5.21 Å². The molecule has 2 aromatic rings. The van der Waals surface area contributed by atoms with Gasteiger partial charge < -0.3 is 9.88 Å². The Kier molecular flexibility index (Phi) is 3.39. The molecule has 122 valence electrons. The van der Waals surface area contributed by atoms with Crippen molar-refractivity contribution in [2.24, 2.45) is 11.8 Å². The Hall–Kier alpha value is -2.25. The van der Waals surface area contributed by atoms with E-state index in [2.05, 4.69) is 20.3 Å². The fourth-order valence-electron chi connectivity index (χ4n) is 3.35. The minimum Gasteiger partial charge on any atom is -0.342 e. The smallest absolute Gasteiger partial charge is 0.281 e. The van der Waals surface area contributed by atoms with Crippen molar-refractivity contribution in [3.8, 4) is 0 Å². The van der Waals surface area contributed by atoms with Crippen LogP contribution in [0.2, 0.25) is 0 Å². The fraction of sp³-hybridized carbons (Fsp3) is 0.667. The van der Waals surface area contributed by atoms with Crippen LogP contribution in [-0.4, -0.2) is 48.9 Å². The standard InChI is InChI=1S/C15H20N6O2/c1-9-16-13-12(14(22)17-9)18-19-21(13)8-10-3-2-6-20(7-10)15(23)11-4-5-11/h10-11H,2-8H2,1H3,(H,16,17,22)/t10-/m0/s1. The minimum atomic E-state index is -0.257. The second kappa shape index (κ2) is 5.43. The summed E-state index contributed by atoms with van der Waals surface area (Å²) < 4.78 is 1.70. The first kappa shape index (κ1) is 14.3. The van der Waals surface area contributed by atoms with Crippen LogP contribution in [0.15, 0.2) is 4.79 Å². The van der Waals surface area contributed by atoms with Crippen molar-refractivity contribution in [1.29, 1.82) is 0 Å². The van der Waals surface area contributed by atoms with Crippen LogP contribution in [0.5, 0.6) is 0 Å². The lowest BCUT2D eigenvalue weighted by Crippen LogP contribution is -2.42. The van der Waals surface area contributed by atoms with Crippen molar-refractivity contribution in [1.82, 2.24) is 29.9 Å². The van der Waals surface area contributed by atoms with Gasteiger partial charge in [-0.25, -0.2) is 9.67 Å². The van der Waals surface area contributed by atoms with Gasteiger partial charge in [0.1, 0.15) is 5.82 Å². The summed E-state index contributed by atoms with van der Waals surface area (Å²) in [6.07, 6.45) is 4.15. The minimum absolute atomic E-state index is 0.257. The quantitative estimate of drug-likeness (QED) is 0.888. The maximum absolute atomic E-state index is 12.2. The molecular weight excluding hydrogens is 296 g/mol. The van der Waals surface area contributed by atoms with E-state index in [1.165, 1.54) is 0 Å². The molecule has 0 aromatic carbocycles. The van der Waals surface area contributed by atoms with Gasteiger partial charge in [0.15, 0.2) is 11.2 Å². The van der Waals surface area contributed by atoms with E-state index in [0.29, 0.717) is 29.8 Å². The van der Waals surface area contributed by atoms with Crippen molar-refractivity contribution in [3.05, 3.63) is 16.2 Å². The van der Waals surface area contributed by atoms with E-state index in [-0.39, 0.29) is 17.0 Å². The molecule has 0 spiro atoms. The van der Waals surface area contributed by atoms with Gasteiger partial charge in [-0.05, 0) is 38.5 Å². The number of carbonyl (C=O) groups is 1. The van der Waals surface area contributed by atoms with Crippen molar-refractivity contribution < 1.29 is 4.79 Å². The van der Waals surface area contributed by atoms with E-state index in [1.807, 2.05) is 4.90 Å². The Balaban J connectivity index is 1.53. The Bertz CT molecular complexity index is 806. The molecule has 1 aliphatic heterocycles. The third-order valence-electron chi connectivity index (χ3n) is 4.68. The highest BCUT2D eigenvalue weighted by atomic mass is 16.2. The first-order valence-electron chi connectivity index (χ1n) is 8.20. The molecule has 1 N–H and O–H groups in total. The summed E-state index contributed by atoms with van der Waals surface area (Å²) >= 11 is 0. The van der Waals surface area contributed by atoms with Crippen LogP contribution in [0.4, 0.5) is 0 Å². The van der Waals surface area contributed by atoms with Crippen molar-refractivity contribution in [3.63, 3.8) is 0 Å². The summed E-state index contributed by atoms with van der Waals surface area (Å²) in [5.41, 5.74) is 0.544. The summed E-state index contributed by atoms with van der Waals surface area (Å²) in [5.74, 6) is 1.46. The monoisotopic (exact) mass is 316 g/mol. The van der Waals surface area contributed by atoms with Gasteiger partial charge in [0.25, 0.3) is 5.56 Å². The van der Waals surface area contributed by atoms with Gasteiger partial charge >= 0.3 is 0 Å². The van der Waals surface area contributed by atoms with Gasteiger partial charge in [-0.15, -0.1) is 5.10 Å². The number of rotatable bonds is 3. The van der Waals surface area contributed by atoms with E-state index in [9.17, 15) is 9.59 Å². The molecule has 0 unspecified atom stereocenters. The lowest BCUT2D eigenvalue weighted by molar-refractivity contribution is -0.134. The molecule has 1 atom stereocenters.